The van der Waals surface area contributed by atoms with E-state index in [0.29, 0.717) is 11.2 Å². The summed E-state index contributed by atoms with van der Waals surface area (Å²) >= 11 is 1.53. The quantitative estimate of drug-likeness (QED) is 0.824. The zero-order valence-corrected chi connectivity index (χ0v) is 14.0. The molecule has 0 aliphatic carbocycles. The van der Waals surface area contributed by atoms with Crippen molar-refractivity contribution in [3.8, 4) is 11.1 Å². The molecule has 1 amide bonds. The topological polar surface area (TPSA) is 84.5 Å². The molecular weight excluding hydrogens is 309 g/mol. The van der Waals surface area contributed by atoms with Crippen LogP contribution in [-0.2, 0) is 10.3 Å². The first-order valence-corrected chi connectivity index (χ1v) is 7.99. The van der Waals surface area contributed by atoms with Crippen molar-refractivity contribution in [2.45, 2.75) is 25.8 Å². The number of hydrogen-bond acceptors (Lipinski definition) is 6. The highest BCUT2D eigenvalue weighted by molar-refractivity contribution is 7.10. The van der Waals surface area contributed by atoms with Crippen LogP contribution in [-0.4, -0.2) is 41.9 Å². The number of aliphatic imine (C=N–C) groups is 1. The minimum atomic E-state index is -0.652. The maximum absolute atomic E-state index is 12.1. The van der Waals surface area contributed by atoms with E-state index in [4.69, 9.17) is 13.6 Å². The second-order valence-corrected chi connectivity index (χ2v) is 6.74. The molecule has 8 heteroatoms. The number of carbonyl (C=O) groups is 1. The van der Waals surface area contributed by atoms with Gasteiger partial charge in [0, 0.05) is 11.9 Å². The molecule has 0 aromatic carbocycles. The number of carbonyl (C=O) groups excluding carboxylic acids is 1. The zero-order valence-electron chi connectivity index (χ0n) is 13.2. The lowest BCUT2D eigenvalue weighted by molar-refractivity contribution is -0.128. The Labute approximate surface area is 139 Å². The normalized spacial score (nSPS) is 21.4. The Balaban J connectivity index is 2.02. The molecule has 2 aromatic heterocycles. The number of thiophene rings is 1. The van der Waals surface area contributed by atoms with Crippen molar-refractivity contribution in [3.05, 3.63) is 28.2 Å². The highest BCUT2D eigenvalue weighted by atomic mass is 32.1. The summed E-state index contributed by atoms with van der Waals surface area (Å²) in [5.74, 6) is 0.190. The molecule has 1 aliphatic heterocycles. The van der Waals surface area contributed by atoms with Gasteiger partial charge in [0.1, 0.15) is 13.4 Å². The maximum atomic E-state index is 12.1. The third-order valence-electron chi connectivity index (χ3n) is 4.09. The van der Waals surface area contributed by atoms with E-state index in [9.17, 15) is 4.79 Å². The summed E-state index contributed by atoms with van der Waals surface area (Å²) in [6.45, 7) is 3.74. The van der Waals surface area contributed by atoms with E-state index in [1.807, 2.05) is 25.3 Å². The van der Waals surface area contributed by atoms with Crippen molar-refractivity contribution in [2.24, 2.45) is 10.7 Å². The third-order valence-corrected chi connectivity index (χ3v) is 5.27. The van der Waals surface area contributed by atoms with E-state index >= 15 is 0 Å². The van der Waals surface area contributed by atoms with E-state index in [0.717, 1.165) is 16.0 Å². The van der Waals surface area contributed by atoms with E-state index in [1.54, 1.807) is 13.2 Å². The second-order valence-electron chi connectivity index (χ2n) is 5.83. The summed E-state index contributed by atoms with van der Waals surface area (Å²) < 4.78 is 0. The molecular formula is C15H16BN5OS. The van der Waals surface area contributed by atoms with Crippen molar-refractivity contribution < 1.29 is 4.79 Å². The molecule has 2 aromatic rings. The number of guanidine groups is 1. The van der Waals surface area contributed by atoms with Crippen LogP contribution in [0.15, 0.2) is 22.6 Å². The Morgan fingerprint density at radius 1 is 1.48 bits per heavy atom. The van der Waals surface area contributed by atoms with Crippen LogP contribution in [0.25, 0.3) is 11.1 Å². The predicted molar refractivity (Wildman–Crippen MR) is 91.8 cm³/mol. The smallest absolute Gasteiger partial charge is 0.231 e. The maximum Gasteiger partial charge on any atom is 0.231 e. The average Bonchev–Trinajstić information content (AvgIpc) is 2.98. The number of rotatable bonds is 2. The van der Waals surface area contributed by atoms with Gasteiger partial charge in [0.15, 0.2) is 5.96 Å². The van der Waals surface area contributed by atoms with Gasteiger partial charge in [0.25, 0.3) is 0 Å². The molecule has 0 fully saturated rings. The van der Waals surface area contributed by atoms with Crippen molar-refractivity contribution in [1.29, 1.82) is 0 Å². The molecule has 0 bridgehead atoms. The highest BCUT2D eigenvalue weighted by Crippen LogP contribution is 2.38. The minimum Gasteiger partial charge on any atom is -0.369 e. The largest absolute Gasteiger partial charge is 0.369 e. The van der Waals surface area contributed by atoms with Gasteiger partial charge < -0.3 is 5.73 Å². The van der Waals surface area contributed by atoms with Crippen LogP contribution in [0.3, 0.4) is 0 Å². The van der Waals surface area contributed by atoms with E-state index in [1.165, 1.54) is 16.2 Å². The summed E-state index contributed by atoms with van der Waals surface area (Å²) in [5.41, 5.74) is 8.29. The van der Waals surface area contributed by atoms with Crippen molar-refractivity contribution in [2.75, 3.05) is 7.05 Å². The summed E-state index contributed by atoms with van der Waals surface area (Å²) in [7, 11) is 7.72. The van der Waals surface area contributed by atoms with E-state index in [-0.39, 0.29) is 18.3 Å². The van der Waals surface area contributed by atoms with Crippen LogP contribution in [0.2, 0.25) is 0 Å². The lowest BCUT2D eigenvalue weighted by atomic mass is 9.87. The molecule has 0 saturated heterocycles. The summed E-state index contributed by atoms with van der Waals surface area (Å²) in [6.07, 6.45) is 1.93. The summed E-state index contributed by atoms with van der Waals surface area (Å²) in [6, 6.07) is 1.99. The fraction of sp³-hybridized carbons (Fsp3) is 0.333. The Morgan fingerprint density at radius 3 is 2.91 bits per heavy atom. The number of aromatic nitrogens is 2. The Morgan fingerprint density at radius 2 is 2.22 bits per heavy atom. The van der Waals surface area contributed by atoms with Gasteiger partial charge in [-0.1, -0.05) is 5.46 Å². The van der Waals surface area contributed by atoms with Gasteiger partial charge in [-0.05, 0) is 36.4 Å². The molecule has 116 valence electrons. The monoisotopic (exact) mass is 325 g/mol. The molecule has 2 N–H and O–H groups in total. The molecule has 1 aliphatic rings. The van der Waals surface area contributed by atoms with Crippen LogP contribution < -0.4 is 11.2 Å². The van der Waals surface area contributed by atoms with Crippen molar-refractivity contribution >= 4 is 36.5 Å². The van der Waals surface area contributed by atoms with Gasteiger partial charge in [-0.2, -0.15) is 10.2 Å². The van der Waals surface area contributed by atoms with Crippen LogP contribution >= 0.6 is 11.3 Å². The lowest BCUT2D eigenvalue weighted by Gasteiger charge is -2.32. The van der Waals surface area contributed by atoms with Gasteiger partial charge in [-0.25, -0.2) is 4.99 Å². The summed E-state index contributed by atoms with van der Waals surface area (Å²) in [5, 5.41) is 9.89. The first-order chi connectivity index (χ1) is 10.8. The minimum absolute atomic E-state index is 0.0455. The van der Waals surface area contributed by atoms with Gasteiger partial charge in [0.05, 0.1) is 18.3 Å². The Bertz CT molecular complexity index is 818. The van der Waals surface area contributed by atoms with Gasteiger partial charge in [-0.15, -0.1) is 11.3 Å². The van der Waals surface area contributed by atoms with Gasteiger partial charge in [0.2, 0.25) is 5.91 Å². The first kappa shape index (κ1) is 15.7. The zero-order chi connectivity index (χ0) is 16.8. The number of nitrogens with zero attached hydrogens (tertiary/aromatic N) is 4. The molecule has 0 spiro atoms. The SMILES string of the molecule is [B]c1c(-c2csc([C@]3(C)CC(=O)N(C)C(N)=N3)c2)cnnc1C. The van der Waals surface area contributed by atoms with E-state index < -0.39 is 5.54 Å². The van der Waals surface area contributed by atoms with Crippen LogP contribution in [0.5, 0.6) is 0 Å². The van der Waals surface area contributed by atoms with Crippen LogP contribution in [0.4, 0.5) is 0 Å². The van der Waals surface area contributed by atoms with Crippen molar-refractivity contribution in [1.82, 2.24) is 15.1 Å². The standard InChI is InChI=1S/C15H16BN5OS/c1-8-13(16)10(6-18-20-8)9-4-11(23-7-9)15(2)5-12(22)21(3)14(17)19-15/h4,6-7H,5H2,1-3H3,(H2,17,19)/t15-/m0/s1. The summed E-state index contributed by atoms with van der Waals surface area (Å²) in [4.78, 5) is 19.0. The molecule has 6 nitrogen and oxygen atoms in total. The number of hydrogen-bond donors (Lipinski definition) is 1. The molecule has 23 heavy (non-hydrogen) atoms. The van der Waals surface area contributed by atoms with Crippen molar-refractivity contribution in [3.63, 3.8) is 0 Å². The molecule has 1 atom stereocenters. The number of aryl methyl sites for hydroxylation is 1. The molecule has 3 rings (SSSR count). The lowest BCUT2D eigenvalue weighted by Crippen LogP contribution is -2.47. The Hall–Kier alpha value is -2.22. The molecule has 3 heterocycles. The Kier molecular flexibility index (Phi) is 3.71. The fourth-order valence-corrected chi connectivity index (χ4v) is 3.55. The molecule has 0 saturated carbocycles. The average molecular weight is 325 g/mol. The first-order valence-electron chi connectivity index (χ1n) is 7.11. The predicted octanol–water partition coefficient (Wildman–Crippen LogP) is 0.699. The second kappa shape index (κ2) is 5.45. The molecule has 2 radical (unpaired) electrons. The van der Waals surface area contributed by atoms with Gasteiger partial charge >= 0.3 is 0 Å². The van der Waals surface area contributed by atoms with Gasteiger partial charge in [-0.3, -0.25) is 9.69 Å². The number of nitrogens with two attached hydrogens (primary N) is 1. The third kappa shape index (κ3) is 2.63. The number of amides is 1. The van der Waals surface area contributed by atoms with E-state index in [2.05, 4.69) is 15.2 Å². The fourth-order valence-electron chi connectivity index (χ4n) is 2.53. The molecule has 0 unspecified atom stereocenters. The highest BCUT2D eigenvalue weighted by Gasteiger charge is 2.37. The van der Waals surface area contributed by atoms with Crippen LogP contribution in [0, 0.1) is 6.92 Å². The van der Waals surface area contributed by atoms with Crippen LogP contribution in [0.1, 0.15) is 23.9 Å².